The first-order chi connectivity index (χ1) is 13.5. The number of ether oxygens (including phenoxy) is 2. The molecule has 4 atom stereocenters. The number of methoxy groups -OCH3 is 1. The third-order valence-corrected chi connectivity index (χ3v) is 7.26. The predicted molar refractivity (Wildman–Crippen MR) is 99.8 cm³/mol. The van der Waals surface area contributed by atoms with Gasteiger partial charge in [-0.3, -0.25) is 14.4 Å². The van der Waals surface area contributed by atoms with Crippen LogP contribution in [0.2, 0.25) is 0 Å². The maximum atomic E-state index is 13.1. The Morgan fingerprint density at radius 2 is 1.93 bits per heavy atom. The van der Waals surface area contributed by atoms with Crippen molar-refractivity contribution < 1.29 is 23.9 Å². The molecule has 3 fully saturated rings. The molecule has 2 heterocycles. The lowest BCUT2D eigenvalue weighted by Crippen LogP contribution is -2.46. The molecule has 0 N–H and O–H groups in total. The van der Waals surface area contributed by atoms with Gasteiger partial charge < -0.3 is 14.4 Å². The number of rotatable bonds is 2. The van der Waals surface area contributed by atoms with Crippen molar-refractivity contribution in [3.8, 4) is 5.75 Å². The smallest absolute Gasteiger partial charge is 0.308 e. The minimum Gasteiger partial charge on any atom is -0.486 e. The van der Waals surface area contributed by atoms with Crippen molar-refractivity contribution in [3.05, 3.63) is 29.8 Å². The number of carbonyl (C=O) groups excluding carboxylic acids is 3. The summed E-state index contributed by atoms with van der Waals surface area (Å²) in [7, 11) is 1.41. The molecule has 0 unspecified atom stereocenters. The number of hydrogen-bond acceptors (Lipinski definition) is 5. The zero-order valence-electron chi connectivity index (χ0n) is 16.1. The number of benzene rings is 1. The molecule has 28 heavy (non-hydrogen) atoms. The Kier molecular flexibility index (Phi) is 4.00. The molecule has 0 radical (unpaired) electrons. The van der Waals surface area contributed by atoms with Gasteiger partial charge in [-0.2, -0.15) is 0 Å². The number of amides is 1. The first kappa shape index (κ1) is 17.7. The van der Waals surface area contributed by atoms with Crippen molar-refractivity contribution >= 4 is 17.7 Å². The van der Waals surface area contributed by atoms with Gasteiger partial charge in [-0.05, 0) is 43.7 Å². The first-order valence-corrected chi connectivity index (χ1v) is 10.2. The molecule has 0 bridgehead atoms. The Bertz CT molecular complexity index is 843. The molecule has 1 saturated heterocycles. The van der Waals surface area contributed by atoms with Crippen LogP contribution >= 0.6 is 0 Å². The highest BCUT2D eigenvalue weighted by molar-refractivity contribution is 6.00. The Balaban J connectivity index is 1.29. The number of nitrogens with zero attached hydrogens (tertiary/aromatic N) is 1. The number of piperidine rings is 1. The van der Waals surface area contributed by atoms with E-state index in [4.69, 9.17) is 9.47 Å². The first-order valence-electron chi connectivity index (χ1n) is 10.2. The maximum Gasteiger partial charge on any atom is 0.308 e. The maximum absolute atomic E-state index is 13.1. The summed E-state index contributed by atoms with van der Waals surface area (Å²) in [5, 5.41) is 0. The van der Waals surface area contributed by atoms with Crippen LogP contribution in [-0.2, 0) is 14.3 Å². The number of esters is 1. The standard InChI is InChI=1S/C22H25NO5/c1-27-21(26)13-7-10-23(11-8-13)20(25)18-15-6-9-22(19(15)18)12-16(24)14-4-2-3-5-17(14)28-22/h2-5,13,15,18-19H,6-12H2,1H3/t15-,18+,19+,22-/m0/s1. The van der Waals surface area contributed by atoms with Crippen molar-refractivity contribution in [1.29, 1.82) is 0 Å². The van der Waals surface area contributed by atoms with E-state index in [1.807, 2.05) is 29.2 Å². The molecule has 4 aliphatic rings. The summed E-state index contributed by atoms with van der Waals surface area (Å²) in [5.74, 6) is 1.10. The summed E-state index contributed by atoms with van der Waals surface area (Å²) in [6, 6.07) is 7.42. The Morgan fingerprint density at radius 3 is 2.68 bits per heavy atom. The molecule has 1 spiro atoms. The highest BCUT2D eigenvalue weighted by Gasteiger charge is 2.71. The van der Waals surface area contributed by atoms with E-state index < -0.39 is 5.60 Å². The van der Waals surface area contributed by atoms with E-state index in [9.17, 15) is 14.4 Å². The second kappa shape index (κ2) is 6.33. The summed E-state index contributed by atoms with van der Waals surface area (Å²) in [4.78, 5) is 39.4. The second-order valence-electron chi connectivity index (χ2n) is 8.64. The van der Waals surface area contributed by atoms with Crippen molar-refractivity contribution in [3.63, 3.8) is 0 Å². The van der Waals surface area contributed by atoms with Crippen LogP contribution < -0.4 is 4.74 Å². The molecule has 1 amide bonds. The molecule has 6 nitrogen and oxygen atoms in total. The summed E-state index contributed by atoms with van der Waals surface area (Å²) in [5.41, 5.74) is 0.144. The van der Waals surface area contributed by atoms with E-state index in [-0.39, 0.29) is 35.4 Å². The summed E-state index contributed by atoms with van der Waals surface area (Å²) in [6.07, 6.45) is 3.48. The zero-order valence-corrected chi connectivity index (χ0v) is 16.1. The van der Waals surface area contributed by atoms with Gasteiger partial charge in [0.25, 0.3) is 0 Å². The van der Waals surface area contributed by atoms with Gasteiger partial charge in [-0.15, -0.1) is 0 Å². The van der Waals surface area contributed by atoms with Gasteiger partial charge in [0.05, 0.1) is 25.0 Å². The van der Waals surface area contributed by atoms with Crippen molar-refractivity contribution in [2.75, 3.05) is 20.2 Å². The average Bonchev–Trinajstić information content (AvgIpc) is 3.37. The Hall–Kier alpha value is -2.37. The lowest BCUT2D eigenvalue weighted by atomic mass is 9.84. The molecule has 1 aromatic carbocycles. The van der Waals surface area contributed by atoms with Gasteiger partial charge in [-0.1, -0.05) is 12.1 Å². The van der Waals surface area contributed by atoms with E-state index >= 15 is 0 Å². The molecule has 6 heteroatoms. The van der Waals surface area contributed by atoms with Crippen molar-refractivity contribution in [2.45, 2.75) is 37.7 Å². The molecule has 2 saturated carbocycles. The van der Waals surface area contributed by atoms with E-state index in [1.165, 1.54) is 7.11 Å². The van der Waals surface area contributed by atoms with Crippen molar-refractivity contribution in [2.24, 2.45) is 23.7 Å². The van der Waals surface area contributed by atoms with Crippen molar-refractivity contribution in [1.82, 2.24) is 4.90 Å². The second-order valence-corrected chi connectivity index (χ2v) is 8.64. The number of Topliss-reactive ketones (excluding diaryl/α,β-unsaturated/α-hetero) is 1. The highest BCUT2D eigenvalue weighted by atomic mass is 16.5. The fourth-order valence-electron chi connectivity index (χ4n) is 5.81. The fraction of sp³-hybridized carbons (Fsp3) is 0.591. The lowest BCUT2D eigenvalue weighted by Gasteiger charge is -2.38. The summed E-state index contributed by atoms with van der Waals surface area (Å²) in [6.45, 7) is 1.20. The van der Waals surface area contributed by atoms with Crippen LogP contribution in [0.1, 0.15) is 42.5 Å². The topological polar surface area (TPSA) is 72.9 Å². The van der Waals surface area contributed by atoms with Gasteiger partial charge in [0.15, 0.2) is 5.78 Å². The Morgan fingerprint density at radius 1 is 1.18 bits per heavy atom. The number of hydrogen-bond donors (Lipinski definition) is 0. The van der Waals surface area contributed by atoms with Crippen LogP contribution in [0, 0.1) is 23.7 Å². The van der Waals surface area contributed by atoms with E-state index in [2.05, 4.69) is 0 Å². The minimum atomic E-state index is -0.513. The van der Waals surface area contributed by atoms with E-state index in [0.29, 0.717) is 49.6 Å². The van der Waals surface area contributed by atoms with E-state index in [0.717, 1.165) is 12.8 Å². The van der Waals surface area contributed by atoms with Gasteiger partial charge in [-0.25, -0.2) is 0 Å². The van der Waals surface area contributed by atoms with Gasteiger partial charge in [0.2, 0.25) is 5.91 Å². The van der Waals surface area contributed by atoms with Crippen LogP contribution in [0.25, 0.3) is 0 Å². The Labute approximate surface area is 164 Å². The van der Waals surface area contributed by atoms with Crippen LogP contribution in [0.5, 0.6) is 5.75 Å². The number of carbonyl (C=O) groups is 3. The molecule has 5 rings (SSSR count). The molecular weight excluding hydrogens is 358 g/mol. The van der Waals surface area contributed by atoms with Crippen LogP contribution in [-0.4, -0.2) is 48.4 Å². The van der Waals surface area contributed by atoms with Crippen LogP contribution in [0.15, 0.2) is 24.3 Å². The molecular formula is C22H25NO5. The number of likely N-dealkylation sites (tertiary alicyclic amines) is 1. The fourth-order valence-corrected chi connectivity index (χ4v) is 5.81. The number of ketones is 1. The summed E-state index contributed by atoms with van der Waals surface area (Å²) >= 11 is 0. The van der Waals surface area contributed by atoms with Gasteiger partial charge in [0, 0.05) is 24.9 Å². The average molecular weight is 383 g/mol. The summed E-state index contributed by atoms with van der Waals surface area (Å²) < 4.78 is 11.2. The van der Waals surface area contributed by atoms with Gasteiger partial charge in [0.1, 0.15) is 11.4 Å². The number of fused-ring (bicyclic) bond motifs is 3. The normalized spacial score (nSPS) is 33.8. The third kappa shape index (κ3) is 2.57. The minimum absolute atomic E-state index is 0.0403. The zero-order chi connectivity index (χ0) is 19.5. The third-order valence-electron chi connectivity index (χ3n) is 7.26. The SMILES string of the molecule is COC(=O)C1CCN(C(=O)[C@@H]2[C@@H]3CC[C@]4(CC(=O)c5ccccc5O4)[C@H]32)CC1. The van der Waals surface area contributed by atoms with Crippen LogP contribution in [0.4, 0.5) is 0 Å². The molecule has 2 aliphatic carbocycles. The molecule has 0 aromatic heterocycles. The molecule has 1 aromatic rings. The van der Waals surface area contributed by atoms with E-state index in [1.54, 1.807) is 0 Å². The predicted octanol–water partition coefficient (Wildman–Crippen LogP) is 2.46. The quantitative estimate of drug-likeness (QED) is 0.734. The molecule has 2 aliphatic heterocycles. The highest BCUT2D eigenvalue weighted by Crippen LogP contribution is 2.66. The van der Waals surface area contributed by atoms with Crippen LogP contribution in [0.3, 0.4) is 0 Å². The largest absolute Gasteiger partial charge is 0.486 e. The lowest BCUT2D eigenvalue weighted by molar-refractivity contribution is -0.149. The monoisotopic (exact) mass is 383 g/mol. The molecule has 148 valence electrons. The number of para-hydroxylation sites is 1. The van der Waals surface area contributed by atoms with Gasteiger partial charge >= 0.3 is 5.97 Å².